The molecule has 1 amide bonds. The van der Waals surface area contributed by atoms with Crippen molar-refractivity contribution in [2.75, 3.05) is 5.32 Å². The van der Waals surface area contributed by atoms with Crippen molar-refractivity contribution in [1.82, 2.24) is 9.55 Å². The average Bonchev–Trinajstić information content (AvgIpc) is 2.98. The predicted molar refractivity (Wildman–Crippen MR) is 80.6 cm³/mol. The number of fused-ring (bicyclic) bond motifs is 2. The molecule has 0 saturated heterocycles. The summed E-state index contributed by atoms with van der Waals surface area (Å²) in [6, 6.07) is 6.11. The lowest BCUT2D eigenvalue weighted by molar-refractivity contribution is -0.115. The van der Waals surface area contributed by atoms with Gasteiger partial charge in [0, 0.05) is 17.8 Å². The molecule has 5 heteroatoms. The first kappa shape index (κ1) is 12.1. The number of nitrogens with one attached hydrogen (secondary N) is 1. The van der Waals surface area contributed by atoms with Gasteiger partial charge < -0.3 is 9.88 Å². The Morgan fingerprint density at radius 2 is 2.20 bits per heavy atom. The highest BCUT2D eigenvalue weighted by molar-refractivity contribution is 9.10. The molecule has 0 aliphatic carbocycles. The number of carbonyl (C=O) groups is 1. The van der Waals surface area contributed by atoms with Gasteiger partial charge in [-0.2, -0.15) is 0 Å². The minimum absolute atomic E-state index is 0.0727. The Labute approximate surface area is 125 Å². The van der Waals surface area contributed by atoms with Crippen LogP contribution in [0.25, 0.3) is 11.4 Å². The number of rotatable bonds is 1. The van der Waals surface area contributed by atoms with E-state index >= 15 is 0 Å². The molecule has 1 aromatic carbocycles. The van der Waals surface area contributed by atoms with E-state index in [1.807, 2.05) is 12.1 Å². The summed E-state index contributed by atoms with van der Waals surface area (Å²) >= 11 is 3.57. The molecule has 0 radical (unpaired) electrons. The Kier molecular flexibility index (Phi) is 2.70. The molecule has 1 aromatic heterocycles. The highest BCUT2D eigenvalue weighted by Crippen LogP contribution is 2.33. The van der Waals surface area contributed by atoms with Crippen LogP contribution in [-0.4, -0.2) is 15.5 Å². The van der Waals surface area contributed by atoms with E-state index in [0.29, 0.717) is 6.42 Å². The summed E-state index contributed by atoms with van der Waals surface area (Å²) in [6.07, 6.45) is 3.98. The third-order valence-corrected chi connectivity index (χ3v) is 4.69. The molecule has 3 heterocycles. The fourth-order valence-electron chi connectivity index (χ4n) is 3.09. The molecule has 0 saturated carbocycles. The van der Waals surface area contributed by atoms with Crippen LogP contribution in [-0.2, 0) is 24.2 Å². The van der Waals surface area contributed by atoms with E-state index in [9.17, 15) is 4.79 Å². The Morgan fingerprint density at radius 1 is 1.30 bits per heavy atom. The van der Waals surface area contributed by atoms with Crippen LogP contribution >= 0.6 is 15.9 Å². The second-order valence-electron chi connectivity index (χ2n) is 5.38. The maximum atomic E-state index is 11.4. The summed E-state index contributed by atoms with van der Waals surface area (Å²) < 4.78 is 3.27. The summed E-state index contributed by atoms with van der Waals surface area (Å²) in [6.45, 7) is 1.03. The lowest BCUT2D eigenvalue weighted by Gasteiger charge is -2.17. The van der Waals surface area contributed by atoms with Gasteiger partial charge in [-0.1, -0.05) is 0 Å². The SMILES string of the molecule is O=C1Cc2cc(-c3nc(Br)c4n3CCCC4)ccc2N1. The summed E-state index contributed by atoms with van der Waals surface area (Å²) in [5.74, 6) is 1.08. The topological polar surface area (TPSA) is 46.9 Å². The molecule has 0 fully saturated rings. The van der Waals surface area contributed by atoms with Crippen molar-refractivity contribution in [3.8, 4) is 11.4 Å². The second-order valence-corrected chi connectivity index (χ2v) is 6.13. The van der Waals surface area contributed by atoms with Gasteiger partial charge in [0.15, 0.2) is 0 Å². The molecule has 0 atom stereocenters. The molecular formula is C15H14BrN3O. The molecule has 4 nitrogen and oxygen atoms in total. The van der Waals surface area contributed by atoms with E-state index in [1.54, 1.807) is 0 Å². The molecule has 0 unspecified atom stereocenters. The number of amides is 1. The van der Waals surface area contributed by atoms with E-state index < -0.39 is 0 Å². The maximum Gasteiger partial charge on any atom is 0.228 e. The van der Waals surface area contributed by atoms with Gasteiger partial charge in [0.2, 0.25) is 5.91 Å². The quantitative estimate of drug-likeness (QED) is 0.872. The van der Waals surface area contributed by atoms with Crippen LogP contribution < -0.4 is 5.32 Å². The third kappa shape index (κ3) is 1.80. The van der Waals surface area contributed by atoms with Crippen molar-refractivity contribution in [2.45, 2.75) is 32.2 Å². The maximum absolute atomic E-state index is 11.4. The zero-order chi connectivity index (χ0) is 13.7. The van der Waals surface area contributed by atoms with E-state index in [-0.39, 0.29) is 5.91 Å². The van der Waals surface area contributed by atoms with Gasteiger partial charge >= 0.3 is 0 Å². The Morgan fingerprint density at radius 3 is 3.10 bits per heavy atom. The number of imidazole rings is 1. The van der Waals surface area contributed by atoms with E-state index in [2.05, 4.69) is 36.9 Å². The van der Waals surface area contributed by atoms with Gasteiger partial charge in [-0.15, -0.1) is 0 Å². The number of aromatic nitrogens is 2. The van der Waals surface area contributed by atoms with Crippen LogP contribution in [0.15, 0.2) is 22.8 Å². The average molecular weight is 332 g/mol. The van der Waals surface area contributed by atoms with Crippen LogP contribution in [0.1, 0.15) is 24.1 Å². The smallest absolute Gasteiger partial charge is 0.228 e. The van der Waals surface area contributed by atoms with Gasteiger partial charge in [-0.25, -0.2) is 4.98 Å². The van der Waals surface area contributed by atoms with Crippen LogP contribution in [0, 0.1) is 0 Å². The van der Waals surface area contributed by atoms with Gasteiger partial charge in [0.05, 0.1) is 12.1 Å². The van der Waals surface area contributed by atoms with Gasteiger partial charge in [0.1, 0.15) is 10.4 Å². The first-order chi connectivity index (χ1) is 9.72. The lowest BCUT2D eigenvalue weighted by atomic mass is 10.1. The summed E-state index contributed by atoms with van der Waals surface area (Å²) in [5, 5.41) is 2.87. The summed E-state index contributed by atoms with van der Waals surface area (Å²) in [5.41, 5.74) is 4.38. The van der Waals surface area contributed by atoms with Gasteiger partial charge in [-0.05, 0) is 59.0 Å². The first-order valence-corrected chi connectivity index (χ1v) is 7.70. The van der Waals surface area contributed by atoms with Crippen LogP contribution in [0.4, 0.5) is 5.69 Å². The number of carbonyl (C=O) groups excluding carboxylic acids is 1. The number of halogens is 1. The standard InChI is InChI=1S/C15H14BrN3O/c16-14-12-3-1-2-6-19(12)15(18-14)9-4-5-11-10(7-9)8-13(20)17-11/h4-5,7H,1-3,6,8H2,(H,17,20). The normalized spacial score (nSPS) is 16.8. The molecule has 102 valence electrons. The highest BCUT2D eigenvalue weighted by Gasteiger charge is 2.22. The highest BCUT2D eigenvalue weighted by atomic mass is 79.9. The Bertz CT molecular complexity index is 720. The first-order valence-electron chi connectivity index (χ1n) is 6.90. The lowest BCUT2D eigenvalue weighted by Crippen LogP contribution is -2.11. The number of benzene rings is 1. The Balaban J connectivity index is 1.82. The number of anilines is 1. The molecule has 1 N–H and O–H groups in total. The van der Waals surface area contributed by atoms with E-state index in [0.717, 1.165) is 40.2 Å². The molecule has 2 aromatic rings. The number of hydrogen-bond donors (Lipinski definition) is 1. The fourth-order valence-corrected chi connectivity index (χ4v) is 3.67. The van der Waals surface area contributed by atoms with Crippen molar-refractivity contribution in [3.63, 3.8) is 0 Å². The minimum atomic E-state index is 0.0727. The molecule has 4 rings (SSSR count). The van der Waals surface area contributed by atoms with Crippen molar-refractivity contribution >= 4 is 27.5 Å². The van der Waals surface area contributed by atoms with Crippen LogP contribution in [0.2, 0.25) is 0 Å². The molecule has 20 heavy (non-hydrogen) atoms. The zero-order valence-corrected chi connectivity index (χ0v) is 12.5. The van der Waals surface area contributed by atoms with Gasteiger partial charge in [0.25, 0.3) is 0 Å². The predicted octanol–water partition coefficient (Wildman–Crippen LogP) is 3.14. The van der Waals surface area contributed by atoms with E-state index in [1.165, 1.54) is 18.5 Å². The molecule has 0 spiro atoms. The largest absolute Gasteiger partial charge is 0.327 e. The number of hydrogen-bond acceptors (Lipinski definition) is 2. The Hall–Kier alpha value is -1.62. The van der Waals surface area contributed by atoms with E-state index in [4.69, 9.17) is 0 Å². The zero-order valence-electron chi connectivity index (χ0n) is 10.9. The van der Waals surface area contributed by atoms with Crippen LogP contribution in [0.3, 0.4) is 0 Å². The molecule has 2 aliphatic heterocycles. The van der Waals surface area contributed by atoms with Crippen LogP contribution in [0.5, 0.6) is 0 Å². The molecular weight excluding hydrogens is 318 g/mol. The van der Waals surface area contributed by atoms with Gasteiger partial charge in [-0.3, -0.25) is 4.79 Å². The molecule has 0 bridgehead atoms. The third-order valence-electron chi connectivity index (χ3n) is 4.06. The minimum Gasteiger partial charge on any atom is -0.327 e. The molecule has 2 aliphatic rings. The number of nitrogens with zero attached hydrogens (tertiary/aromatic N) is 2. The van der Waals surface area contributed by atoms with Crippen molar-refractivity contribution < 1.29 is 4.79 Å². The summed E-state index contributed by atoms with van der Waals surface area (Å²) in [7, 11) is 0. The fraction of sp³-hybridized carbons (Fsp3) is 0.333. The second kappa shape index (κ2) is 4.45. The van der Waals surface area contributed by atoms with Crippen molar-refractivity contribution in [2.24, 2.45) is 0 Å². The monoisotopic (exact) mass is 331 g/mol. The summed E-state index contributed by atoms with van der Waals surface area (Å²) in [4.78, 5) is 16.1. The van der Waals surface area contributed by atoms with Crippen molar-refractivity contribution in [3.05, 3.63) is 34.1 Å². The van der Waals surface area contributed by atoms with Crippen molar-refractivity contribution in [1.29, 1.82) is 0 Å².